The maximum atomic E-state index is 11.0. The van der Waals surface area contributed by atoms with Crippen LogP contribution in [0.3, 0.4) is 0 Å². The molecule has 4 heteroatoms. The van der Waals surface area contributed by atoms with Crippen molar-refractivity contribution in [3.63, 3.8) is 0 Å². The normalized spacial score (nSPS) is 12.9. The van der Waals surface area contributed by atoms with E-state index in [0.717, 1.165) is 0 Å². The molecule has 0 fully saturated rings. The van der Waals surface area contributed by atoms with Crippen LogP contribution < -0.4 is 5.56 Å². The molecular formula is C7H10N2O2. The van der Waals surface area contributed by atoms with E-state index in [1.54, 1.807) is 13.1 Å². The van der Waals surface area contributed by atoms with Gasteiger partial charge in [0, 0.05) is 12.4 Å². The van der Waals surface area contributed by atoms with Crippen molar-refractivity contribution in [1.29, 1.82) is 0 Å². The molecule has 1 N–H and O–H groups in total. The first-order valence-corrected chi connectivity index (χ1v) is 3.38. The van der Waals surface area contributed by atoms with Crippen molar-refractivity contribution in [2.24, 2.45) is 0 Å². The van der Waals surface area contributed by atoms with Crippen molar-refractivity contribution < 1.29 is 5.11 Å². The van der Waals surface area contributed by atoms with Crippen LogP contribution in [0, 0.1) is 0 Å². The summed E-state index contributed by atoms with van der Waals surface area (Å²) < 4.78 is 1.44. The van der Waals surface area contributed by atoms with Gasteiger partial charge in [0.1, 0.15) is 0 Å². The van der Waals surface area contributed by atoms with Crippen molar-refractivity contribution >= 4 is 0 Å². The van der Waals surface area contributed by atoms with Gasteiger partial charge in [0.2, 0.25) is 0 Å². The Hall–Kier alpha value is -1.16. The molecule has 11 heavy (non-hydrogen) atoms. The predicted molar refractivity (Wildman–Crippen MR) is 40.3 cm³/mol. The van der Waals surface area contributed by atoms with Crippen LogP contribution in [0.1, 0.15) is 13.0 Å². The fourth-order valence-electron chi connectivity index (χ4n) is 0.809. The van der Waals surface area contributed by atoms with Crippen LogP contribution in [0.15, 0.2) is 23.4 Å². The Bertz CT molecular complexity index is 282. The summed E-state index contributed by atoms with van der Waals surface area (Å²) in [5, 5.41) is 8.73. The van der Waals surface area contributed by atoms with Crippen LogP contribution in [0.25, 0.3) is 0 Å². The molecule has 0 aliphatic heterocycles. The molecule has 1 heterocycles. The fourth-order valence-corrected chi connectivity index (χ4v) is 0.809. The number of aromatic nitrogens is 2. The van der Waals surface area contributed by atoms with E-state index in [0.29, 0.717) is 0 Å². The highest BCUT2D eigenvalue weighted by atomic mass is 16.3. The van der Waals surface area contributed by atoms with Gasteiger partial charge in [-0.15, -0.1) is 0 Å². The van der Waals surface area contributed by atoms with Crippen LogP contribution in [-0.2, 0) is 0 Å². The van der Waals surface area contributed by atoms with Gasteiger partial charge in [0.05, 0.1) is 18.8 Å². The average molecular weight is 154 g/mol. The summed E-state index contributed by atoms with van der Waals surface area (Å²) in [6.07, 6.45) is 4.31. The standard InChI is InChI=1S/C7H10N2O2/c1-6(5-10)9-3-2-8-4-7(9)11/h2-4,6,10H,5H2,1H3. The van der Waals surface area contributed by atoms with Gasteiger partial charge < -0.3 is 9.67 Å². The Balaban J connectivity index is 3.03. The van der Waals surface area contributed by atoms with Gasteiger partial charge in [-0.3, -0.25) is 9.78 Å². The Labute approximate surface area is 64.1 Å². The first-order chi connectivity index (χ1) is 5.25. The summed E-state index contributed by atoms with van der Waals surface area (Å²) in [6.45, 7) is 1.73. The largest absolute Gasteiger partial charge is 0.394 e. The highest BCUT2D eigenvalue weighted by molar-refractivity contribution is 4.83. The Morgan fingerprint density at radius 1 is 1.82 bits per heavy atom. The molecule has 60 valence electrons. The van der Waals surface area contributed by atoms with Crippen molar-refractivity contribution in [1.82, 2.24) is 9.55 Å². The number of aliphatic hydroxyl groups excluding tert-OH is 1. The summed E-state index contributed by atoms with van der Waals surface area (Å²) in [6, 6.07) is -0.175. The van der Waals surface area contributed by atoms with Crippen molar-refractivity contribution in [2.75, 3.05) is 6.61 Å². The van der Waals surface area contributed by atoms with E-state index >= 15 is 0 Å². The number of rotatable bonds is 2. The van der Waals surface area contributed by atoms with Crippen LogP contribution in [0.5, 0.6) is 0 Å². The lowest BCUT2D eigenvalue weighted by Gasteiger charge is -2.09. The minimum absolute atomic E-state index is 0.0378. The number of hydrogen-bond acceptors (Lipinski definition) is 3. The zero-order chi connectivity index (χ0) is 8.27. The molecule has 0 aliphatic rings. The highest BCUT2D eigenvalue weighted by Gasteiger charge is 2.02. The van der Waals surface area contributed by atoms with Gasteiger partial charge in [-0.1, -0.05) is 0 Å². The van der Waals surface area contributed by atoms with Crippen LogP contribution in [0.4, 0.5) is 0 Å². The van der Waals surface area contributed by atoms with Crippen LogP contribution >= 0.6 is 0 Å². The Kier molecular flexibility index (Phi) is 2.38. The van der Waals surface area contributed by atoms with Gasteiger partial charge in [0.15, 0.2) is 0 Å². The molecule has 0 aliphatic carbocycles. The van der Waals surface area contributed by atoms with E-state index in [1.165, 1.54) is 17.0 Å². The number of hydrogen-bond donors (Lipinski definition) is 1. The van der Waals surface area contributed by atoms with Gasteiger partial charge in [0.25, 0.3) is 5.56 Å². The maximum Gasteiger partial charge on any atom is 0.269 e. The van der Waals surface area contributed by atoms with Gasteiger partial charge in [-0.2, -0.15) is 0 Å². The predicted octanol–water partition coefficient (Wildman–Crippen LogP) is -0.203. The molecule has 0 saturated carbocycles. The second kappa shape index (κ2) is 3.30. The molecule has 0 amide bonds. The molecule has 0 bridgehead atoms. The molecule has 0 radical (unpaired) electrons. The maximum absolute atomic E-state index is 11.0. The van der Waals surface area contributed by atoms with Crippen LogP contribution in [0.2, 0.25) is 0 Å². The third kappa shape index (κ3) is 1.65. The van der Waals surface area contributed by atoms with Gasteiger partial charge in [-0.05, 0) is 6.92 Å². The Morgan fingerprint density at radius 2 is 2.55 bits per heavy atom. The lowest BCUT2D eigenvalue weighted by Crippen LogP contribution is -2.24. The van der Waals surface area contributed by atoms with E-state index in [4.69, 9.17) is 5.11 Å². The SMILES string of the molecule is CC(CO)n1ccncc1=O. The zero-order valence-electron chi connectivity index (χ0n) is 6.27. The second-order valence-corrected chi connectivity index (χ2v) is 2.35. The number of nitrogens with zero attached hydrogens (tertiary/aromatic N) is 2. The average Bonchev–Trinajstić information content (AvgIpc) is 2.04. The molecule has 1 rings (SSSR count). The van der Waals surface area contributed by atoms with Gasteiger partial charge >= 0.3 is 0 Å². The topological polar surface area (TPSA) is 55.1 Å². The molecular weight excluding hydrogens is 144 g/mol. The van der Waals surface area contributed by atoms with Gasteiger partial charge in [-0.25, -0.2) is 0 Å². The molecule has 0 spiro atoms. The van der Waals surface area contributed by atoms with E-state index in [2.05, 4.69) is 4.98 Å². The molecule has 1 atom stereocenters. The third-order valence-corrected chi connectivity index (χ3v) is 1.49. The molecule has 4 nitrogen and oxygen atoms in total. The monoisotopic (exact) mass is 154 g/mol. The second-order valence-electron chi connectivity index (χ2n) is 2.35. The number of aliphatic hydroxyl groups is 1. The van der Waals surface area contributed by atoms with E-state index in [9.17, 15) is 4.79 Å². The van der Waals surface area contributed by atoms with E-state index in [-0.39, 0.29) is 18.2 Å². The molecule has 1 unspecified atom stereocenters. The molecule has 0 aromatic carbocycles. The van der Waals surface area contributed by atoms with Crippen LogP contribution in [-0.4, -0.2) is 21.3 Å². The lowest BCUT2D eigenvalue weighted by molar-refractivity contribution is 0.236. The molecule has 1 aromatic heterocycles. The summed E-state index contributed by atoms with van der Waals surface area (Å²) in [7, 11) is 0. The summed E-state index contributed by atoms with van der Waals surface area (Å²) in [4.78, 5) is 14.7. The third-order valence-electron chi connectivity index (χ3n) is 1.49. The fraction of sp³-hybridized carbons (Fsp3) is 0.429. The minimum atomic E-state index is -0.186. The van der Waals surface area contributed by atoms with Crippen molar-refractivity contribution in [2.45, 2.75) is 13.0 Å². The van der Waals surface area contributed by atoms with E-state index < -0.39 is 0 Å². The first kappa shape index (κ1) is 7.94. The van der Waals surface area contributed by atoms with Crippen molar-refractivity contribution in [3.05, 3.63) is 28.9 Å². The lowest BCUT2D eigenvalue weighted by atomic mass is 10.3. The molecule has 1 aromatic rings. The quantitative estimate of drug-likeness (QED) is 0.641. The Morgan fingerprint density at radius 3 is 3.09 bits per heavy atom. The smallest absolute Gasteiger partial charge is 0.269 e. The zero-order valence-corrected chi connectivity index (χ0v) is 6.27. The summed E-state index contributed by atoms with van der Waals surface area (Å²) in [5.41, 5.74) is -0.186. The minimum Gasteiger partial charge on any atom is -0.394 e. The highest BCUT2D eigenvalue weighted by Crippen LogP contribution is 1.96. The summed E-state index contributed by atoms with van der Waals surface area (Å²) >= 11 is 0. The van der Waals surface area contributed by atoms with Crippen molar-refractivity contribution in [3.8, 4) is 0 Å². The molecule has 0 saturated heterocycles. The first-order valence-electron chi connectivity index (χ1n) is 3.38. The van der Waals surface area contributed by atoms with E-state index in [1.807, 2.05) is 0 Å². The summed E-state index contributed by atoms with van der Waals surface area (Å²) in [5.74, 6) is 0.